The molecule has 4 nitrogen and oxygen atoms in total. The van der Waals surface area contributed by atoms with Gasteiger partial charge in [-0.3, -0.25) is 0 Å². The molecule has 106 valence electrons. The van der Waals surface area contributed by atoms with Gasteiger partial charge in [0.2, 0.25) is 0 Å². The van der Waals surface area contributed by atoms with E-state index in [0.717, 1.165) is 29.9 Å². The van der Waals surface area contributed by atoms with Gasteiger partial charge < -0.3 is 19.9 Å². The van der Waals surface area contributed by atoms with E-state index in [0.29, 0.717) is 13.2 Å². The van der Waals surface area contributed by atoms with Crippen molar-refractivity contribution >= 4 is 0 Å². The standard InChI is InChI=1S/C15H23NO3/c1-17-9-11-12(18-2)5-6-13(19-3)14(11)15(10-16)7-4-8-15/h5-6H,4,7-10,16H2,1-3H3. The minimum atomic E-state index is 0.0216. The molecule has 1 aliphatic carbocycles. The van der Waals surface area contributed by atoms with Crippen molar-refractivity contribution in [2.24, 2.45) is 5.73 Å². The average Bonchev–Trinajstić information content (AvgIpc) is 2.39. The summed E-state index contributed by atoms with van der Waals surface area (Å²) in [5, 5.41) is 0. The van der Waals surface area contributed by atoms with Crippen LogP contribution in [-0.2, 0) is 16.8 Å². The lowest BCUT2D eigenvalue weighted by Gasteiger charge is -2.43. The van der Waals surface area contributed by atoms with Crippen molar-refractivity contribution in [1.29, 1.82) is 0 Å². The van der Waals surface area contributed by atoms with Gasteiger partial charge in [0.25, 0.3) is 0 Å². The number of rotatable bonds is 6. The molecule has 19 heavy (non-hydrogen) atoms. The zero-order chi connectivity index (χ0) is 13.9. The van der Waals surface area contributed by atoms with Crippen molar-refractivity contribution in [2.75, 3.05) is 27.9 Å². The zero-order valence-electron chi connectivity index (χ0n) is 12.0. The maximum atomic E-state index is 6.04. The molecule has 0 amide bonds. The molecule has 0 saturated heterocycles. The van der Waals surface area contributed by atoms with Gasteiger partial charge >= 0.3 is 0 Å². The summed E-state index contributed by atoms with van der Waals surface area (Å²) in [6, 6.07) is 3.89. The summed E-state index contributed by atoms with van der Waals surface area (Å²) >= 11 is 0. The van der Waals surface area contributed by atoms with Crippen LogP contribution in [0.3, 0.4) is 0 Å². The third-order valence-corrected chi connectivity index (χ3v) is 4.19. The van der Waals surface area contributed by atoms with E-state index in [1.165, 1.54) is 12.0 Å². The lowest BCUT2D eigenvalue weighted by molar-refractivity contribution is 0.172. The average molecular weight is 265 g/mol. The van der Waals surface area contributed by atoms with Crippen LogP contribution >= 0.6 is 0 Å². The Hall–Kier alpha value is -1.26. The molecule has 0 unspecified atom stereocenters. The Morgan fingerprint density at radius 1 is 1.11 bits per heavy atom. The van der Waals surface area contributed by atoms with E-state index >= 15 is 0 Å². The van der Waals surface area contributed by atoms with Crippen molar-refractivity contribution in [3.05, 3.63) is 23.3 Å². The van der Waals surface area contributed by atoms with Crippen molar-refractivity contribution in [3.8, 4) is 11.5 Å². The minimum absolute atomic E-state index is 0.0216. The molecule has 1 aliphatic rings. The van der Waals surface area contributed by atoms with E-state index in [1.54, 1.807) is 21.3 Å². The maximum absolute atomic E-state index is 6.04. The summed E-state index contributed by atoms with van der Waals surface area (Å²) < 4.78 is 16.4. The van der Waals surface area contributed by atoms with Crippen LogP contribution in [0.15, 0.2) is 12.1 Å². The van der Waals surface area contributed by atoms with E-state index in [9.17, 15) is 0 Å². The Bertz CT molecular complexity index is 436. The normalized spacial score (nSPS) is 16.8. The summed E-state index contributed by atoms with van der Waals surface area (Å²) in [5.74, 6) is 1.73. The van der Waals surface area contributed by atoms with Gasteiger partial charge in [-0.15, -0.1) is 0 Å². The highest BCUT2D eigenvalue weighted by atomic mass is 16.5. The zero-order valence-corrected chi connectivity index (χ0v) is 12.0. The monoisotopic (exact) mass is 265 g/mol. The second-order valence-corrected chi connectivity index (χ2v) is 5.09. The molecule has 0 spiro atoms. The summed E-state index contributed by atoms with van der Waals surface area (Å²) in [4.78, 5) is 0. The largest absolute Gasteiger partial charge is 0.496 e. The topological polar surface area (TPSA) is 53.7 Å². The van der Waals surface area contributed by atoms with Crippen molar-refractivity contribution < 1.29 is 14.2 Å². The Morgan fingerprint density at radius 3 is 2.16 bits per heavy atom. The van der Waals surface area contributed by atoms with Crippen molar-refractivity contribution in [3.63, 3.8) is 0 Å². The molecule has 2 N–H and O–H groups in total. The van der Waals surface area contributed by atoms with Gasteiger partial charge in [-0.2, -0.15) is 0 Å². The SMILES string of the molecule is COCc1c(OC)ccc(OC)c1C1(CN)CCC1. The molecule has 4 heteroatoms. The minimum Gasteiger partial charge on any atom is -0.496 e. The van der Waals surface area contributed by atoms with Gasteiger partial charge in [0.1, 0.15) is 11.5 Å². The lowest BCUT2D eigenvalue weighted by atomic mass is 9.63. The van der Waals surface area contributed by atoms with Gasteiger partial charge in [0.05, 0.1) is 20.8 Å². The number of hydrogen-bond acceptors (Lipinski definition) is 4. The second kappa shape index (κ2) is 5.80. The van der Waals surface area contributed by atoms with Gasteiger partial charge in [-0.1, -0.05) is 6.42 Å². The molecule has 1 aromatic carbocycles. The van der Waals surface area contributed by atoms with E-state index in [2.05, 4.69) is 0 Å². The van der Waals surface area contributed by atoms with Crippen LogP contribution < -0.4 is 15.2 Å². The summed E-state index contributed by atoms with van der Waals surface area (Å²) in [6.45, 7) is 1.14. The molecule has 0 radical (unpaired) electrons. The maximum Gasteiger partial charge on any atom is 0.124 e. The van der Waals surface area contributed by atoms with Crippen LogP contribution in [0, 0.1) is 0 Å². The first-order valence-corrected chi connectivity index (χ1v) is 6.65. The molecule has 0 atom stereocenters. The molecule has 0 bridgehead atoms. The van der Waals surface area contributed by atoms with Crippen LogP contribution in [0.25, 0.3) is 0 Å². The summed E-state index contributed by atoms with van der Waals surface area (Å²) in [5.41, 5.74) is 8.30. The molecule has 0 aliphatic heterocycles. The van der Waals surface area contributed by atoms with Crippen LogP contribution in [0.1, 0.15) is 30.4 Å². The molecule has 0 aromatic heterocycles. The summed E-state index contributed by atoms with van der Waals surface area (Å²) in [7, 11) is 5.07. The Balaban J connectivity index is 2.59. The van der Waals surface area contributed by atoms with Gasteiger partial charge in [0, 0.05) is 30.2 Å². The van der Waals surface area contributed by atoms with Gasteiger partial charge in [0.15, 0.2) is 0 Å². The first-order chi connectivity index (χ1) is 9.22. The molecular weight excluding hydrogens is 242 g/mol. The lowest BCUT2D eigenvalue weighted by Crippen LogP contribution is -2.42. The fourth-order valence-electron chi connectivity index (χ4n) is 3.00. The van der Waals surface area contributed by atoms with Crippen molar-refractivity contribution in [2.45, 2.75) is 31.3 Å². The van der Waals surface area contributed by atoms with Gasteiger partial charge in [-0.25, -0.2) is 0 Å². The predicted molar refractivity (Wildman–Crippen MR) is 74.8 cm³/mol. The quantitative estimate of drug-likeness (QED) is 0.857. The third-order valence-electron chi connectivity index (χ3n) is 4.19. The van der Waals surface area contributed by atoms with Gasteiger partial charge in [-0.05, 0) is 25.0 Å². The predicted octanol–water partition coefficient (Wildman–Crippen LogP) is 2.23. The number of ether oxygens (including phenoxy) is 3. The fraction of sp³-hybridized carbons (Fsp3) is 0.600. The van der Waals surface area contributed by atoms with E-state index in [4.69, 9.17) is 19.9 Å². The number of benzene rings is 1. The van der Waals surface area contributed by atoms with E-state index < -0.39 is 0 Å². The highest BCUT2D eigenvalue weighted by Gasteiger charge is 2.41. The third kappa shape index (κ3) is 2.30. The fourth-order valence-corrected chi connectivity index (χ4v) is 3.00. The van der Waals surface area contributed by atoms with Crippen molar-refractivity contribution in [1.82, 2.24) is 0 Å². The Morgan fingerprint density at radius 2 is 1.74 bits per heavy atom. The highest BCUT2D eigenvalue weighted by Crippen LogP contribution is 2.49. The molecular formula is C15H23NO3. The molecule has 1 aromatic rings. The van der Waals surface area contributed by atoms with Crippen LogP contribution in [0.4, 0.5) is 0 Å². The molecule has 1 fully saturated rings. The van der Waals surface area contributed by atoms with E-state index in [1.807, 2.05) is 12.1 Å². The smallest absolute Gasteiger partial charge is 0.124 e. The number of hydrogen-bond donors (Lipinski definition) is 1. The Kier molecular flexibility index (Phi) is 4.32. The second-order valence-electron chi connectivity index (χ2n) is 5.09. The molecule has 0 heterocycles. The van der Waals surface area contributed by atoms with Crippen LogP contribution in [0.2, 0.25) is 0 Å². The first-order valence-electron chi connectivity index (χ1n) is 6.65. The first kappa shape index (κ1) is 14.2. The van der Waals surface area contributed by atoms with Crippen LogP contribution in [-0.4, -0.2) is 27.9 Å². The summed E-state index contributed by atoms with van der Waals surface area (Å²) in [6.07, 6.45) is 3.41. The number of methoxy groups -OCH3 is 3. The van der Waals surface area contributed by atoms with Crippen LogP contribution in [0.5, 0.6) is 11.5 Å². The van der Waals surface area contributed by atoms with E-state index in [-0.39, 0.29) is 5.41 Å². The highest BCUT2D eigenvalue weighted by molar-refractivity contribution is 5.53. The molecule has 2 rings (SSSR count). The molecule has 1 saturated carbocycles. The number of nitrogens with two attached hydrogens (primary N) is 1. The Labute approximate surface area is 114 Å².